The Morgan fingerprint density at radius 1 is 1.41 bits per heavy atom. The van der Waals surface area contributed by atoms with E-state index in [0.717, 1.165) is 18.1 Å². The van der Waals surface area contributed by atoms with Crippen LogP contribution < -0.4 is 4.72 Å². The van der Waals surface area contributed by atoms with E-state index in [1.165, 1.54) is 6.07 Å². The van der Waals surface area contributed by atoms with E-state index in [1.54, 1.807) is 17.0 Å². The van der Waals surface area contributed by atoms with Crippen LogP contribution in [0.4, 0.5) is 0 Å². The Bertz CT molecular complexity index is 802. The summed E-state index contributed by atoms with van der Waals surface area (Å²) in [6.45, 7) is 3.06. The van der Waals surface area contributed by atoms with Crippen molar-refractivity contribution < 1.29 is 13.2 Å². The third kappa shape index (κ3) is 2.83. The first kappa shape index (κ1) is 15.3. The number of carbonyl (C=O) groups is 1. The summed E-state index contributed by atoms with van der Waals surface area (Å²) in [5.74, 6) is -0.0110. The van der Waals surface area contributed by atoms with Crippen molar-refractivity contribution in [1.82, 2.24) is 18.4 Å². The van der Waals surface area contributed by atoms with Gasteiger partial charge in [-0.3, -0.25) is 4.79 Å². The number of sulfonamides is 1. The molecule has 22 heavy (non-hydrogen) atoms. The lowest BCUT2D eigenvalue weighted by Gasteiger charge is -2.16. The van der Waals surface area contributed by atoms with Crippen molar-refractivity contribution in [1.29, 1.82) is 0 Å². The molecule has 1 aliphatic heterocycles. The van der Waals surface area contributed by atoms with Crippen LogP contribution in [0.2, 0.25) is 0 Å². The average Bonchev–Trinajstić information content (AvgIpc) is 3.05. The highest BCUT2D eigenvalue weighted by molar-refractivity contribution is 7.89. The number of likely N-dealkylation sites (tertiary alicyclic amines) is 1. The first-order valence-corrected chi connectivity index (χ1v) is 9.24. The lowest BCUT2D eigenvalue weighted by Crippen LogP contribution is -2.37. The highest BCUT2D eigenvalue weighted by atomic mass is 32.2. The van der Waals surface area contributed by atoms with E-state index in [9.17, 15) is 13.2 Å². The number of hydrogen-bond donors (Lipinski definition) is 1. The molecule has 118 valence electrons. The molecule has 1 N–H and O–H groups in total. The van der Waals surface area contributed by atoms with Crippen molar-refractivity contribution >= 4 is 38.7 Å². The molecule has 0 unspecified atom stereocenters. The summed E-state index contributed by atoms with van der Waals surface area (Å²) >= 11 is 0.979. The third-order valence-electron chi connectivity index (χ3n) is 3.57. The number of hydrogen-bond acceptors (Lipinski definition) is 6. The van der Waals surface area contributed by atoms with Gasteiger partial charge < -0.3 is 4.90 Å². The Morgan fingerprint density at radius 2 is 2.23 bits per heavy atom. The van der Waals surface area contributed by atoms with Gasteiger partial charge >= 0.3 is 0 Å². The minimum atomic E-state index is -3.73. The maximum atomic E-state index is 12.6. The van der Waals surface area contributed by atoms with Crippen LogP contribution in [0.25, 0.3) is 11.0 Å². The molecule has 0 aliphatic carbocycles. The fourth-order valence-corrected chi connectivity index (χ4v) is 4.61. The van der Waals surface area contributed by atoms with Crippen molar-refractivity contribution in [2.24, 2.45) is 0 Å². The van der Waals surface area contributed by atoms with Gasteiger partial charge in [0.05, 0.1) is 11.7 Å². The number of benzene rings is 1. The summed E-state index contributed by atoms with van der Waals surface area (Å²) in [5.41, 5.74) is 0.928. The van der Waals surface area contributed by atoms with Crippen LogP contribution in [0.1, 0.15) is 19.8 Å². The van der Waals surface area contributed by atoms with Gasteiger partial charge in [0.1, 0.15) is 15.9 Å². The molecule has 0 saturated carbocycles. The zero-order valence-corrected chi connectivity index (χ0v) is 13.7. The maximum Gasteiger partial charge on any atom is 0.243 e. The normalized spacial score (nSPS) is 19.2. The van der Waals surface area contributed by atoms with Gasteiger partial charge in [-0.2, -0.15) is 8.75 Å². The van der Waals surface area contributed by atoms with Gasteiger partial charge in [-0.05, 0) is 18.6 Å². The average molecular weight is 340 g/mol. The number of fused-ring (bicyclic) bond motifs is 1. The number of aromatic nitrogens is 2. The minimum Gasteiger partial charge on any atom is -0.341 e. The Balaban J connectivity index is 1.83. The number of nitrogens with zero attached hydrogens (tertiary/aromatic N) is 3. The summed E-state index contributed by atoms with van der Waals surface area (Å²) in [4.78, 5) is 13.6. The lowest BCUT2D eigenvalue weighted by atomic mass is 10.3. The van der Waals surface area contributed by atoms with Gasteiger partial charge in [0.15, 0.2) is 0 Å². The monoisotopic (exact) mass is 340 g/mol. The topological polar surface area (TPSA) is 92.3 Å². The van der Waals surface area contributed by atoms with E-state index in [1.807, 2.05) is 6.92 Å². The molecule has 0 spiro atoms. The van der Waals surface area contributed by atoms with Crippen molar-refractivity contribution in [3.63, 3.8) is 0 Å². The van der Waals surface area contributed by atoms with Crippen LogP contribution in [-0.4, -0.2) is 47.1 Å². The SMILES string of the molecule is CCCN1C[C@@H](NS(=O)(=O)c2cccc3nsnc23)CC1=O. The fourth-order valence-electron chi connectivity index (χ4n) is 2.62. The largest absolute Gasteiger partial charge is 0.341 e. The maximum absolute atomic E-state index is 12.6. The Morgan fingerprint density at radius 3 is 3.00 bits per heavy atom. The summed E-state index contributed by atoms with van der Waals surface area (Å²) in [5, 5.41) is 0. The van der Waals surface area contributed by atoms with Gasteiger partial charge in [-0.25, -0.2) is 13.1 Å². The molecule has 1 saturated heterocycles. The Hall–Kier alpha value is -1.58. The summed E-state index contributed by atoms with van der Waals surface area (Å²) in [6, 6.07) is 4.47. The first-order valence-electron chi connectivity index (χ1n) is 7.02. The molecule has 1 aromatic heterocycles. The molecule has 0 radical (unpaired) electrons. The van der Waals surface area contributed by atoms with Crippen LogP contribution in [0, 0.1) is 0 Å². The molecule has 1 amide bonds. The second kappa shape index (κ2) is 5.90. The van der Waals surface area contributed by atoms with Crippen molar-refractivity contribution in [2.45, 2.75) is 30.7 Å². The van der Waals surface area contributed by atoms with E-state index in [0.29, 0.717) is 24.1 Å². The van der Waals surface area contributed by atoms with Gasteiger partial charge in [0.25, 0.3) is 0 Å². The quantitative estimate of drug-likeness (QED) is 0.876. The smallest absolute Gasteiger partial charge is 0.243 e. The van der Waals surface area contributed by atoms with Crippen LogP contribution in [0.3, 0.4) is 0 Å². The van der Waals surface area contributed by atoms with Gasteiger partial charge in [0, 0.05) is 25.6 Å². The molecule has 1 aliphatic rings. The molecular formula is C13H16N4O3S2. The number of amides is 1. The molecule has 1 aromatic carbocycles. The highest BCUT2D eigenvalue weighted by Crippen LogP contribution is 2.22. The summed E-state index contributed by atoms with van der Waals surface area (Å²) in [7, 11) is -3.73. The predicted molar refractivity (Wildman–Crippen MR) is 83.0 cm³/mol. The van der Waals surface area contributed by atoms with E-state index in [2.05, 4.69) is 13.5 Å². The molecule has 1 atom stereocenters. The molecule has 9 heteroatoms. The van der Waals surface area contributed by atoms with Crippen LogP contribution in [0.15, 0.2) is 23.1 Å². The highest BCUT2D eigenvalue weighted by Gasteiger charge is 2.33. The van der Waals surface area contributed by atoms with Crippen molar-refractivity contribution in [3.8, 4) is 0 Å². The lowest BCUT2D eigenvalue weighted by molar-refractivity contribution is -0.127. The number of rotatable bonds is 5. The summed E-state index contributed by atoms with van der Waals surface area (Å²) in [6.07, 6.45) is 1.06. The molecule has 2 heterocycles. The number of carbonyl (C=O) groups excluding carboxylic acids is 1. The number of nitrogens with one attached hydrogen (secondary N) is 1. The molecule has 2 aromatic rings. The molecule has 7 nitrogen and oxygen atoms in total. The second-order valence-corrected chi connectivity index (χ2v) is 7.46. The second-order valence-electron chi connectivity index (χ2n) is 5.25. The zero-order valence-electron chi connectivity index (χ0n) is 12.0. The van der Waals surface area contributed by atoms with Gasteiger partial charge in [0.2, 0.25) is 15.9 Å². The van der Waals surface area contributed by atoms with Crippen molar-refractivity contribution in [3.05, 3.63) is 18.2 Å². The van der Waals surface area contributed by atoms with E-state index >= 15 is 0 Å². The van der Waals surface area contributed by atoms with E-state index in [-0.39, 0.29) is 17.2 Å². The van der Waals surface area contributed by atoms with Crippen LogP contribution >= 0.6 is 11.7 Å². The van der Waals surface area contributed by atoms with E-state index < -0.39 is 16.1 Å². The Labute approximate surface area is 132 Å². The zero-order chi connectivity index (χ0) is 15.7. The van der Waals surface area contributed by atoms with Gasteiger partial charge in [-0.15, -0.1) is 0 Å². The van der Waals surface area contributed by atoms with E-state index in [4.69, 9.17) is 0 Å². The Kier molecular flexibility index (Phi) is 4.11. The summed E-state index contributed by atoms with van der Waals surface area (Å²) < 4.78 is 35.9. The minimum absolute atomic E-state index is 0.0110. The first-order chi connectivity index (χ1) is 10.5. The molecule has 3 rings (SSSR count). The molecular weight excluding hydrogens is 324 g/mol. The van der Waals surface area contributed by atoms with Crippen LogP contribution in [-0.2, 0) is 14.8 Å². The standard InChI is InChI=1S/C13H16N4O3S2/c1-2-6-17-8-9(7-12(17)18)16-22(19,20)11-5-3-4-10-13(11)15-21-14-10/h3-5,9,16H,2,6-8H2,1H3/t9-/m0/s1. The fraction of sp³-hybridized carbons (Fsp3) is 0.462. The molecule has 0 bridgehead atoms. The van der Waals surface area contributed by atoms with Gasteiger partial charge in [-0.1, -0.05) is 13.0 Å². The van der Waals surface area contributed by atoms with Crippen molar-refractivity contribution in [2.75, 3.05) is 13.1 Å². The predicted octanol–water partition coefficient (Wildman–Crippen LogP) is 0.980. The van der Waals surface area contributed by atoms with Crippen LogP contribution in [0.5, 0.6) is 0 Å². The third-order valence-corrected chi connectivity index (χ3v) is 5.66. The molecule has 1 fully saturated rings.